The van der Waals surface area contributed by atoms with E-state index in [9.17, 15) is 5.11 Å². The second-order valence-corrected chi connectivity index (χ2v) is 5.22. The second kappa shape index (κ2) is 2.98. The summed E-state index contributed by atoms with van der Waals surface area (Å²) in [7, 11) is 0. The van der Waals surface area contributed by atoms with Crippen molar-refractivity contribution in [2.75, 3.05) is 0 Å². The molecule has 2 atom stereocenters. The summed E-state index contributed by atoms with van der Waals surface area (Å²) >= 11 is 0. The first-order valence-corrected chi connectivity index (χ1v) is 5.87. The molecule has 1 heteroatoms. The van der Waals surface area contributed by atoms with Crippen LogP contribution in [0.1, 0.15) is 58.8 Å². The SMILES string of the molecule is CCC(C)C1(O)CCCC12CCC2. The molecule has 1 spiro atoms. The molecule has 2 unspecified atom stereocenters. The van der Waals surface area contributed by atoms with Crippen LogP contribution in [0.3, 0.4) is 0 Å². The van der Waals surface area contributed by atoms with E-state index in [1.165, 1.54) is 32.1 Å². The highest BCUT2D eigenvalue weighted by Gasteiger charge is 2.58. The van der Waals surface area contributed by atoms with Gasteiger partial charge in [0, 0.05) is 0 Å². The Hall–Kier alpha value is -0.0400. The minimum Gasteiger partial charge on any atom is -0.389 e. The van der Waals surface area contributed by atoms with Crippen molar-refractivity contribution in [3.63, 3.8) is 0 Å². The van der Waals surface area contributed by atoms with Gasteiger partial charge in [0.25, 0.3) is 0 Å². The summed E-state index contributed by atoms with van der Waals surface area (Å²) in [5.41, 5.74) is 0.0441. The Morgan fingerprint density at radius 1 is 1.15 bits per heavy atom. The smallest absolute Gasteiger partial charge is 0.0728 e. The van der Waals surface area contributed by atoms with E-state index in [1.807, 2.05) is 0 Å². The van der Waals surface area contributed by atoms with Gasteiger partial charge < -0.3 is 5.11 Å². The molecule has 2 aliphatic carbocycles. The molecule has 2 fully saturated rings. The van der Waals surface area contributed by atoms with E-state index in [0.29, 0.717) is 11.3 Å². The van der Waals surface area contributed by atoms with Crippen molar-refractivity contribution in [1.29, 1.82) is 0 Å². The maximum absolute atomic E-state index is 10.7. The first-order valence-electron chi connectivity index (χ1n) is 5.87. The lowest BCUT2D eigenvalue weighted by Crippen LogP contribution is -2.52. The third-order valence-electron chi connectivity index (χ3n) is 4.87. The van der Waals surface area contributed by atoms with Crippen molar-refractivity contribution < 1.29 is 5.11 Å². The Labute approximate surface area is 81.5 Å². The summed E-state index contributed by atoms with van der Waals surface area (Å²) < 4.78 is 0. The Kier molecular flexibility index (Phi) is 2.18. The molecule has 0 aromatic carbocycles. The first-order chi connectivity index (χ1) is 6.15. The molecule has 1 nitrogen and oxygen atoms in total. The van der Waals surface area contributed by atoms with Crippen molar-refractivity contribution in [2.45, 2.75) is 64.4 Å². The number of hydrogen-bond acceptors (Lipinski definition) is 1. The van der Waals surface area contributed by atoms with Gasteiger partial charge in [0.05, 0.1) is 5.60 Å². The van der Waals surface area contributed by atoms with Gasteiger partial charge in [-0.2, -0.15) is 0 Å². The largest absolute Gasteiger partial charge is 0.389 e. The van der Waals surface area contributed by atoms with Crippen molar-refractivity contribution in [3.05, 3.63) is 0 Å². The molecular formula is C12H22O. The van der Waals surface area contributed by atoms with Crippen molar-refractivity contribution >= 4 is 0 Å². The maximum Gasteiger partial charge on any atom is 0.0728 e. The van der Waals surface area contributed by atoms with Crippen LogP contribution in [0.5, 0.6) is 0 Å². The molecule has 0 radical (unpaired) electrons. The summed E-state index contributed by atoms with van der Waals surface area (Å²) in [5.74, 6) is 0.496. The fourth-order valence-corrected chi connectivity index (χ4v) is 3.57. The molecule has 0 bridgehead atoms. The van der Waals surface area contributed by atoms with Gasteiger partial charge in [-0.05, 0) is 43.4 Å². The number of rotatable bonds is 2. The summed E-state index contributed by atoms with van der Waals surface area (Å²) in [4.78, 5) is 0. The van der Waals surface area contributed by atoms with E-state index >= 15 is 0 Å². The van der Waals surface area contributed by atoms with Crippen LogP contribution in [0.4, 0.5) is 0 Å². The van der Waals surface area contributed by atoms with Gasteiger partial charge in [-0.15, -0.1) is 0 Å². The predicted octanol–water partition coefficient (Wildman–Crippen LogP) is 3.12. The lowest BCUT2D eigenvalue weighted by molar-refractivity contribution is -0.138. The molecule has 13 heavy (non-hydrogen) atoms. The van der Waals surface area contributed by atoms with Crippen LogP contribution >= 0.6 is 0 Å². The van der Waals surface area contributed by atoms with Gasteiger partial charge in [0.1, 0.15) is 0 Å². The van der Waals surface area contributed by atoms with Crippen molar-refractivity contribution in [2.24, 2.45) is 11.3 Å². The molecule has 0 saturated heterocycles. The quantitative estimate of drug-likeness (QED) is 0.695. The van der Waals surface area contributed by atoms with Crippen molar-refractivity contribution in [3.8, 4) is 0 Å². The summed E-state index contributed by atoms with van der Waals surface area (Å²) in [6, 6.07) is 0. The van der Waals surface area contributed by atoms with Gasteiger partial charge in [-0.1, -0.05) is 26.7 Å². The monoisotopic (exact) mass is 182 g/mol. The topological polar surface area (TPSA) is 20.2 Å². The number of aliphatic hydroxyl groups is 1. The molecule has 76 valence electrons. The molecule has 2 saturated carbocycles. The predicted molar refractivity (Wildman–Crippen MR) is 54.5 cm³/mol. The highest BCUT2D eigenvalue weighted by Crippen LogP contribution is 2.61. The molecule has 0 aromatic rings. The Morgan fingerprint density at radius 3 is 2.15 bits per heavy atom. The fraction of sp³-hybridized carbons (Fsp3) is 1.00. The highest BCUT2D eigenvalue weighted by atomic mass is 16.3. The molecule has 0 aromatic heterocycles. The Balaban J connectivity index is 2.19. The van der Waals surface area contributed by atoms with Crippen LogP contribution in [-0.2, 0) is 0 Å². The van der Waals surface area contributed by atoms with E-state index in [2.05, 4.69) is 13.8 Å². The van der Waals surface area contributed by atoms with E-state index in [0.717, 1.165) is 12.8 Å². The average Bonchev–Trinajstić information content (AvgIpc) is 2.42. The van der Waals surface area contributed by atoms with Gasteiger partial charge in [-0.25, -0.2) is 0 Å². The summed E-state index contributed by atoms with van der Waals surface area (Å²) in [6.45, 7) is 4.43. The van der Waals surface area contributed by atoms with Crippen LogP contribution < -0.4 is 0 Å². The summed E-state index contributed by atoms with van der Waals surface area (Å²) in [5, 5.41) is 10.7. The zero-order valence-electron chi connectivity index (χ0n) is 8.97. The normalized spacial score (nSPS) is 39.0. The molecule has 0 aliphatic heterocycles. The minimum atomic E-state index is -0.306. The lowest BCUT2D eigenvalue weighted by Gasteiger charge is -2.52. The lowest BCUT2D eigenvalue weighted by atomic mass is 9.57. The van der Waals surface area contributed by atoms with Crippen LogP contribution in [0, 0.1) is 11.3 Å². The van der Waals surface area contributed by atoms with Gasteiger partial charge >= 0.3 is 0 Å². The van der Waals surface area contributed by atoms with Crippen molar-refractivity contribution in [1.82, 2.24) is 0 Å². The van der Waals surface area contributed by atoms with Gasteiger partial charge in [-0.3, -0.25) is 0 Å². The van der Waals surface area contributed by atoms with Crippen LogP contribution in [0.15, 0.2) is 0 Å². The molecule has 0 amide bonds. The zero-order chi connectivity index (χ0) is 9.53. The molecule has 2 aliphatic rings. The van der Waals surface area contributed by atoms with Crippen LogP contribution in [0.2, 0.25) is 0 Å². The Bertz CT molecular complexity index is 195. The molecule has 1 N–H and O–H groups in total. The zero-order valence-corrected chi connectivity index (χ0v) is 8.97. The molecular weight excluding hydrogens is 160 g/mol. The Morgan fingerprint density at radius 2 is 1.69 bits per heavy atom. The second-order valence-electron chi connectivity index (χ2n) is 5.22. The van der Waals surface area contributed by atoms with Crippen LogP contribution in [0.25, 0.3) is 0 Å². The average molecular weight is 182 g/mol. The first kappa shape index (κ1) is 9.51. The standard InChI is InChI=1S/C12H22O/c1-3-10(2)12(13)9-5-8-11(12)6-4-7-11/h10,13H,3-9H2,1-2H3. The van der Waals surface area contributed by atoms with Gasteiger partial charge in [0.2, 0.25) is 0 Å². The third kappa shape index (κ3) is 1.09. The van der Waals surface area contributed by atoms with E-state index in [4.69, 9.17) is 0 Å². The highest BCUT2D eigenvalue weighted by molar-refractivity contribution is 5.09. The molecule has 0 heterocycles. The number of hydrogen-bond donors (Lipinski definition) is 1. The summed E-state index contributed by atoms with van der Waals surface area (Å²) in [6.07, 6.45) is 8.63. The van der Waals surface area contributed by atoms with Gasteiger partial charge in [0.15, 0.2) is 0 Å². The fourth-order valence-electron chi connectivity index (χ4n) is 3.57. The minimum absolute atomic E-state index is 0.306. The third-order valence-corrected chi connectivity index (χ3v) is 4.87. The van der Waals surface area contributed by atoms with E-state index in [1.54, 1.807) is 0 Å². The van der Waals surface area contributed by atoms with E-state index in [-0.39, 0.29) is 5.60 Å². The molecule has 2 rings (SSSR count). The van der Waals surface area contributed by atoms with E-state index < -0.39 is 0 Å². The maximum atomic E-state index is 10.7. The van der Waals surface area contributed by atoms with Crippen LogP contribution in [-0.4, -0.2) is 10.7 Å².